The highest BCUT2D eigenvalue weighted by Gasteiger charge is 2.44. The van der Waals surface area contributed by atoms with E-state index in [2.05, 4.69) is 22.5 Å². The van der Waals surface area contributed by atoms with E-state index in [9.17, 15) is 9.18 Å². The molecule has 1 aliphatic carbocycles. The van der Waals surface area contributed by atoms with Crippen LogP contribution in [0.5, 0.6) is 0 Å². The van der Waals surface area contributed by atoms with Crippen LogP contribution in [0.2, 0.25) is 0 Å². The highest BCUT2D eigenvalue weighted by molar-refractivity contribution is 5.78. The number of halogens is 1. The fourth-order valence-corrected chi connectivity index (χ4v) is 4.32. The predicted molar refractivity (Wildman–Crippen MR) is 99.3 cm³/mol. The largest absolute Gasteiger partial charge is 0.379 e. The SMILES string of the molecule is CC(NCC(=O)NCc1ccc(F)cc1)C1(N2CCOCC2)CCCC1. The lowest BCUT2D eigenvalue weighted by molar-refractivity contribution is -0.120. The quantitative estimate of drug-likeness (QED) is 0.779. The van der Waals surface area contributed by atoms with Crippen molar-refractivity contribution in [3.05, 3.63) is 35.6 Å². The van der Waals surface area contributed by atoms with Crippen LogP contribution in [-0.2, 0) is 16.1 Å². The number of benzene rings is 1. The van der Waals surface area contributed by atoms with Gasteiger partial charge in [0, 0.05) is 31.2 Å². The van der Waals surface area contributed by atoms with E-state index >= 15 is 0 Å². The summed E-state index contributed by atoms with van der Waals surface area (Å²) in [7, 11) is 0. The lowest BCUT2D eigenvalue weighted by Gasteiger charge is -2.47. The number of morpholine rings is 1. The molecule has 5 nitrogen and oxygen atoms in total. The van der Waals surface area contributed by atoms with E-state index < -0.39 is 0 Å². The summed E-state index contributed by atoms with van der Waals surface area (Å²) in [4.78, 5) is 14.8. The Hall–Kier alpha value is -1.50. The van der Waals surface area contributed by atoms with E-state index in [1.165, 1.54) is 37.8 Å². The maximum atomic E-state index is 12.9. The molecule has 1 heterocycles. The zero-order valence-electron chi connectivity index (χ0n) is 15.6. The summed E-state index contributed by atoms with van der Waals surface area (Å²) < 4.78 is 18.4. The number of nitrogens with zero attached hydrogens (tertiary/aromatic N) is 1. The first-order valence-electron chi connectivity index (χ1n) is 9.67. The van der Waals surface area contributed by atoms with Gasteiger partial charge in [0.1, 0.15) is 5.82 Å². The molecule has 1 unspecified atom stereocenters. The lowest BCUT2D eigenvalue weighted by atomic mass is 9.86. The monoisotopic (exact) mass is 363 g/mol. The number of hydrogen-bond acceptors (Lipinski definition) is 4. The second-order valence-corrected chi connectivity index (χ2v) is 7.42. The molecule has 6 heteroatoms. The van der Waals surface area contributed by atoms with Crippen LogP contribution in [0.15, 0.2) is 24.3 Å². The van der Waals surface area contributed by atoms with E-state index in [-0.39, 0.29) is 23.3 Å². The number of rotatable bonds is 7. The van der Waals surface area contributed by atoms with E-state index in [4.69, 9.17) is 4.74 Å². The topological polar surface area (TPSA) is 53.6 Å². The number of carbonyl (C=O) groups excluding carboxylic acids is 1. The minimum Gasteiger partial charge on any atom is -0.379 e. The normalized spacial score (nSPS) is 21.5. The Morgan fingerprint density at radius 3 is 2.54 bits per heavy atom. The number of hydrogen-bond donors (Lipinski definition) is 2. The summed E-state index contributed by atoms with van der Waals surface area (Å²) in [6.07, 6.45) is 4.86. The third-order valence-electron chi connectivity index (χ3n) is 5.89. The first-order valence-corrected chi connectivity index (χ1v) is 9.67. The van der Waals surface area contributed by atoms with Crippen molar-refractivity contribution in [2.45, 2.75) is 50.7 Å². The number of ether oxygens (including phenoxy) is 1. The van der Waals surface area contributed by atoms with Crippen molar-refractivity contribution >= 4 is 5.91 Å². The Bertz CT molecular complexity index is 581. The number of nitrogens with one attached hydrogen (secondary N) is 2. The Labute approximate surface area is 155 Å². The van der Waals surface area contributed by atoms with Gasteiger partial charge in [0.25, 0.3) is 0 Å². The average Bonchev–Trinajstić information content (AvgIpc) is 3.17. The summed E-state index contributed by atoms with van der Waals surface area (Å²) in [5, 5.41) is 6.35. The van der Waals surface area contributed by atoms with Gasteiger partial charge in [-0.25, -0.2) is 4.39 Å². The van der Waals surface area contributed by atoms with Crippen LogP contribution < -0.4 is 10.6 Å². The minimum atomic E-state index is -0.263. The predicted octanol–water partition coefficient (Wildman–Crippen LogP) is 2.06. The van der Waals surface area contributed by atoms with Crippen LogP contribution in [0.1, 0.15) is 38.2 Å². The molecule has 0 aromatic heterocycles. The summed E-state index contributed by atoms with van der Waals surface area (Å²) in [5.41, 5.74) is 1.04. The van der Waals surface area contributed by atoms with Gasteiger partial charge in [-0.05, 0) is 37.5 Å². The minimum absolute atomic E-state index is 0.0312. The van der Waals surface area contributed by atoms with Gasteiger partial charge < -0.3 is 15.4 Å². The Morgan fingerprint density at radius 2 is 1.88 bits per heavy atom. The van der Waals surface area contributed by atoms with Crippen LogP contribution in [0, 0.1) is 5.82 Å². The Morgan fingerprint density at radius 1 is 1.23 bits per heavy atom. The molecule has 1 atom stereocenters. The molecule has 1 saturated carbocycles. The molecule has 1 aromatic carbocycles. The van der Waals surface area contributed by atoms with Gasteiger partial charge in [-0.3, -0.25) is 9.69 Å². The molecular formula is C20H30FN3O2. The fraction of sp³-hybridized carbons (Fsp3) is 0.650. The highest BCUT2D eigenvalue weighted by atomic mass is 19.1. The van der Waals surface area contributed by atoms with E-state index in [0.29, 0.717) is 13.1 Å². The molecule has 0 radical (unpaired) electrons. The molecule has 0 bridgehead atoms. The Kier molecular flexibility index (Phi) is 6.62. The van der Waals surface area contributed by atoms with Gasteiger partial charge in [-0.15, -0.1) is 0 Å². The van der Waals surface area contributed by atoms with Crippen LogP contribution >= 0.6 is 0 Å². The molecule has 1 aromatic rings. The summed E-state index contributed by atoms with van der Waals surface area (Å²) in [6, 6.07) is 6.46. The van der Waals surface area contributed by atoms with Gasteiger partial charge >= 0.3 is 0 Å². The van der Waals surface area contributed by atoms with Gasteiger partial charge in [0.15, 0.2) is 0 Å². The second-order valence-electron chi connectivity index (χ2n) is 7.42. The van der Waals surface area contributed by atoms with E-state index in [0.717, 1.165) is 31.9 Å². The molecule has 1 amide bonds. The Balaban J connectivity index is 1.49. The van der Waals surface area contributed by atoms with Crippen LogP contribution in [0.4, 0.5) is 4.39 Å². The summed E-state index contributed by atoms with van der Waals surface area (Å²) >= 11 is 0. The molecule has 2 aliphatic rings. The van der Waals surface area contributed by atoms with Crippen LogP contribution in [0.3, 0.4) is 0 Å². The molecule has 1 aliphatic heterocycles. The van der Waals surface area contributed by atoms with Crippen molar-refractivity contribution < 1.29 is 13.9 Å². The molecule has 3 rings (SSSR count). The van der Waals surface area contributed by atoms with E-state index in [1.54, 1.807) is 12.1 Å². The van der Waals surface area contributed by atoms with Gasteiger partial charge in [-0.1, -0.05) is 25.0 Å². The molecule has 0 spiro atoms. The summed E-state index contributed by atoms with van der Waals surface area (Å²) in [6.45, 7) is 6.47. The second kappa shape index (κ2) is 8.93. The van der Waals surface area contributed by atoms with Crippen molar-refractivity contribution in [3.63, 3.8) is 0 Å². The number of carbonyl (C=O) groups is 1. The van der Waals surface area contributed by atoms with Gasteiger partial charge in [0.05, 0.1) is 19.8 Å². The highest BCUT2D eigenvalue weighted by Crippen LogP contribution is 2.38. The molecule has 26 heavy (non-hydrogen) atoms. The van der Waals surface area contributed by atoms with Gasteiger partial charge in [-0.2, -0.15) is 0 Å². The average molecular weight is 363 g/mol. The molecule has 1 saturated heterocycles. The first kappa shape index (κ1) is 19.3. The van der Waals surface area contributed by atoms with Crippen molar-refractivity contribution in [2.75, 3.05) is 32.8 Å². The van der Waals surface area contributed by atoms with Crippen molar-refractivity contribution in [1.29, 1.82) is 0 Å². The first-order chi connectivity index (χ1) is 12.6. The maximum absolute atomic E-state index is 12.9. The third kappa shape index (κ3) is 4.61. The zero-order valence-corrected chi connectivity index (χ0v) is 15.6. The standard InChI is InChI=1S/C20H30FN3O2/c1-16(20(8-2-3-9-20)24-10-12-26-13-11-24)22-15-19(25)23-14-17-4-6-18(21)7-5-17/h4-7,16,22H,2-3,8-15H2,1H3,(H,23,25). The third-order valence-corrected chi connectivity index (χ3v) is 5.89. The smallest absolute Gasteiger partial charge is 0.234 e. The number of amides is 1. The molecule has 2 N–H and O–H groups in total. The molecule has 2 fully saturated rings. The van der Waals surface area contributed by atoms with Crippen molar-refractivity contribution in [1.82, 2.24) is 15.5 Å². The van der Waals surface area contributed by atoms with Crippen molar-refractivity contribution in [2.24, 2.45) is 0 Å². The molecule has 144 valence electrons. The summed E-state index contributed by atoms with van der Waals surface area (Å²) in [5.74, 6) is -0.295. The van der Waals surface area contributed by atoms with Crippen molar-refractivity contribution in [3.8, 4) is 0 Å². The fourth-order valence-electron chi connectivity index (χ4n) is 4.32. The maximum Gasteiger partial charge on any atom is 0.234 e. The van der Waals surface area contributed by atoms with Crippen LogP contribution in [-0.4, -0.2) is 55.2 Å². The van der Waals surface area contributed by atoms with Crippen LogP contribution in [0.25, 0.3) is 0 Å². The zero-order chi connectivity index (χ0) is 18.4. The van der Waals surface area contributed by atoms with E-state index in [1.807, 2.05) is 0 Å². The van der Waals surface area contributed by atoms with Gasteiger partial charge in [0.2, 0.25) is 5.91 Å². The lowest BCUT2D eigenvalue weighted by Crippen LogP contribution is -2.62. The molecular weight excluding hydrogens is 333 g/mol.